The largest absolute Gasteiger partial charge is 0.508 e. The van der Waals surface area contributed by atoms with Gasteiger partial charge in [0.2, 0.25) is 0 Å². The molecule has 164 valence electrons. The van der Waals surface area contributed by atoms with Crippen LogP contribution in [0, 0.1) is 11.8 Å². The summed E-state index contributed by atoms with van der Waals surface area (Å²) in [6, 6.07) is 5.37. The summed E-state index contributed by atoms with van der Waals surface area (Å²) in [5.41, 5.74) is 1.06. The highest BCUT2D eigenvalue weighted by atomic mass is 16.3. The standard InChI is InChI=1S/C27H44O2/c1-4-6-7-8-9-10-11-12-13-14-15-16-17-18-25-23-26(28)20-19-24(25)21-22-27(3,29)5-2/h19-20,23,28-29H,4-18H2,1-3H3. The van der Waals surface area contributed by atoms with Crippen molar-refractivity contribution >= 4 is 0 Å². The Kier molecular flexibility index (Phi) is 13.6. The third-order valence-electron chi connectivity index (χ3n) is 5.79. The maximum atomic E-state index is 10.1. The molecule has 29 heavy (non-hydrogen) atoms. The molecule has 1 unspecified atom stereocenters. The van der Waals surface area contributed by atoms with Crippen LogP contribution in [0.1, 0.15) is 122 Å². The topological polar surface area (TPSA) is 40.5 Å². The molecule has 2 heteroatoms. The van der Waals surface area contributed by atoms with Crippen LogP contribution in [0.3, 0.4) is 0 Å². The number of rotatable bonds is 15. The molecule has 0 spiro atoms. The third kappa shape index (κ3) is 12.7. The van der Waals surface area contributed by atoms with Gasteiger partial charge in [0.05, 0.1) is 0 Å². The minimum Gasteiger partial charge on any atom is -0.508 e. The lowest BCUT2D eigenvalue weighted by atomic mass is 9.98. The smallest absolute Gasteiger partial charge is 0.122 e. The maximum absolute atomic E-state index is 10.1. The SMILES string of the molecule is CCCCCCCCCCCCCCCc1cc(O)ccc1C#CC(C)(O)CC. The van der Waals surface area contributed by atoms with Gasteiger partial charge in [0, 0.05) is 5.56 Å². The van der Waals surface area contributed by atoms with E-state index in [2.05, 4.69) is 18.8 Å². The fourth-order valence-corrected chi connectivity index (χ4v) is 3.53. The molecular formula is C27H44O2. The van der Waals surface area contributed by atoms with Gasteiger partial charge in [0.1, 0.15) is 11.4 Å². The fourth-order valence-electron chi connectivity index (χ4n) is 3.53. The second kappa shape index (κ2) is 15.4. The summed E-state index contributed by atoms with van der Waals surface area (Å²) in [5.74, 6) is 6.37. The normalized spacial score (nSPS) is 13.0. The number of benzene rings is 1. The summed E-state index contributed by atoms with van der Waals surface area (Å²) < 4.78 is 0. The summed E-state index contributed by atoms with van der Waals surface area (Å²) in [4.78, 5) is 0. The molecular weight excluding hydrogens is 356 g/mol. The van der Waals surface area contributed by atoms with Gasteiger partial charge in [-0.2, -0.15) is 0 Å². The van der Waals surface area contributed by atoms with E-state index >= 15 is 0 Å². The van der Waals surface area contributed by atoms with Gasteiger partial charge in [-0.25, -0.2) is 0 Å². The fraction of sp³-hybridized carbons (Fsp3) is 0.704. The molecule has 0 saturated carbocycles. The molecule has 1 atom stereocenters. The van der Waals surface area contributed by atoms with Gasteiger partial charge in [0.25, 0.3) is 0 Å². The van der Waals surface area contributed by atoms with Crippen LogP contribution in [0.15, 0.2) is 18.2 Å². The highest BCUT2D eigenvalue weighted by Gasteiger charge is 2.12. The van der Waals surface area contributed by atoms with Crippen molar-refractivity contribution in [1.82, 2.24) is 0 Å². The molecule has 0 saturated heterocycles. The monoisotopic (exact) mass is 400 g/mol. The lowest BCUT2D eigenvalue weighted by Crippen LogP contribution is -2.19. The Morgan fingerprint density at radius 2 is 1.31 bits per heavy atom. The van der Waals surface area contributed by atoms with Crippen LogP contribution < -0.4 is 0 Å². The van der Waals surface area contributed by atoms with Crippen molar-refractivity contribution in [2.75, 3.05) is 0 Å². The average molecular weight is 401 g/mol. The van der Waals surface area contributed by atoms with Crippen LogP contribution in [-0.4, -0.2) is 15.8 Å². The number of aliphatic hydroxyl groups is 1. The average Bonchev–Trinajstić information content (AvgIpc) is 2.71. The zero-order valence-electron chi connectivity index (χ0n) is 19.2. The summed E-state index contributed by atoms with van der Waals surface area (Å²) >= 11 is 0. The molecule has 0 fully saturated rings. The number of unbranched alkanes of at least 4 members (excludes halogenated alkanes) is 12. The van der Waals surface area contributed by atoms with Crippen molar-refractivity contribution in [3.63, 3.8) is 0 Å². The van der Waals surface area contributed by atoms with E-state index in [1.165, 1.54) is 77.0 Å². The summed E-state index contributed by atoms with van der Waals surface area (Å²) in [7, 11) is 0. The van der Waals surface area contributed by atoms with Gasteiger partial charge < -0.3 is 10.2 Å². The molecule has 1 aromatic carbocycles. The van der Waals surface area contributed by atoms with E-state index in [0.29, 0.717) is 12.2 Å². The molecule has 0 aliphatic rings. The lowest BCUT2D eigenvalue weighted by molar-refractivity contribution is 0.118. The third-order valence-corrected chi connectivity index (χ3v) is 5.79. The summed E-state index contributed by atoms with van der Waals surface area (Å²) in [6.45, 7) is 5.95. The molecule has 2 nitrogen and oxygen atoms in total. The Labute approximate surface area is 180 Å². The van der Waals surface area contributed by atoms with Crippen molar-refractivity contribution < 1.29 is 10.2 Å². The van der Waals surface area contributed by atoms with Crippen LogP contribution in [0.25, 0.3) is 0 Å². The maximum Gasteiger partial charge on any atom is 0.122 e. The quantitative estimate of drug-likeness (QED) is 0.236. The van der Waals surface area contributed by atoms with E-state index in [1.54, 1.807) is 13.0 Å². The highest BCUT2D eigenvalue weighted by molar-refractivity contribution is 5.46. The molecule has 0 heterocycles. The number of phenolic OH excluding ortho intramolecular Hbond substituents is 1. The van der Waals surface area contributed by atoms with Gasteiger partial charge in [0.15, 0.2) is 0 Å². The number of aromatic hydroxyl groups is 1. The van der Waals surface area contributed by atoms with Crippen LogP contribution >= 0.6 is 0 Å². The van der Waals surface area contributed by atoms with E-state index in [1.807, 2.05) is 19.1 Å². The van der Waals surface area contributed by atoms with Gasteiger partial charge in [-0.3, -0.25) is 0 Å². The Bertz CT molecular complexity index is 607. The number of phenols is 1. The van der Waals surface area contributed by atoms with E-state index in [-0.39, 0.29) is 0 Å². The molecule has 1 rings (SSSR count). The number of hydrogen-bond donors (Lipinski definition) is 2. The second-order valence-electron chi connectivity index (χ2n) is 8.71. The summed E-state index contributed by atoms with van der Waals surface area (Å²) in [5, 5.41) is 19.9. The zero-order valence-corrected chi connectivity index (χ0v) is 19.2. The predicted molar refractivity (Wildman–Crippen MR) is 125 cm³/mol. The molecule has 0 radical (unpaired) electrons. The Morgan fingerprint density at radius 1 is 0.793 bits per heavy atom. The molecule has 2 N–H and O–H groups in total. The van der Waals surface area contributed by atoms with Crippen molar-refractivity contribution in [2.45, 2.75) is 123 Å². The molecule has 0 aromatic heterocycles. The van der Waals surface area contributed by atoms with Crippen LogP contribution in [0.2, 0.25) is 0 Å². The number of hydrogen-bond acceptors (Lipinski definition) is 2. The highest BCUT2D eigenvalue weighted by Crippen LogP contribution is 2.20. The van der Waals surface area contributed by atoms with Gasteiger partial charge in [-0.15, -0.1) is 0 Å². The second-order valence-corrected chi connectivity index (χ2v) is 8.71. The zero-order chi connectivity index (χ0) is 21.4. The van der Waals surface area contributed by atoms with Gasteiger partial charge in [-0.1, -0.05) is 103 Å². The summed E-state index contributed by atoms with van der Waals surface area (Å²) in [6.07, 6.45) is 19.1. The first-order valence-corrected chi connectivity index (χ1v) is 12.1. The minimum atomic E-state index is -0.954. The first-order valence-electron chi connectivity index (χ1n) is 12.1. The van der Waals surface area contributed by atoms with Crippen molar-refractivity contribution in [2.24, 2.45) is 0 Å². The van der Waals surface area contributed by atoms with Crippen molar-refractivity contribution in [3.8, 4) is 17.6 Å². The Morgan fingerprint density at radius 3 is 1.83 bits per heavy atom. The van der Waals surface area contributed by atoms with E-state index in [0.717, 1.165) is 24.0 Å². The van der Waals surface area contributed by atoms with E-state index < -0.39 is 5.60 Å². The molecule has 0 aliphatic heterocycles. The molecule has 1 aromatic rings. The molecule has 0 amide bonds. The Hall–Kier alpha value is -1.46. The lowest BCUT2D eigenvalue weighted by Gasteiger charge is -2.12. The van der Waals surface area contributed by atoms with Crippen LogP contribution in [0.5, 0.6) is 5.75 Å². The van der Waals surface area contributed by atoms with Gasteiger partial charge in [-0.05, 0) is 49.9 Å². The van der Waals surface area contributed by atoms with Crippen LogP contribution in [-0.2, 0) is 6.42 Å². The van der Waals surface area contributed by atoms with E-state index in [4.69, 9.17) is 0 Å². The van der Waals surface area contributed by atoms with Crippen LogP contribution in [0.4, 0.5) is 0 Å². The van der Waals surface area contributed by atoms with Crippen molar-refractivity contribution in [3.05, 3.63) is 29.3 Å². The first-order chi connectivity index (χ1) is 14.0. The number of aryl methyl sites for hydroxylation is 1. The van der Waals surface area contributed by atoms with Crippen molar-refractivity contribution in [1.29, 1.82) is 0 Å². The minimum absolute atomic E-state index is 0.294. The Balaban J connectivity index is 2.21. The molecule has 0 aliphatic carbocycles. The first kappa shape index (κ1) is 25.6. The van der Waals surface area contributed by atoms with Gasteiger partial charge >= 0.3 is 0 Å². The van der Waals surface area contributed by atoms with E-state index in [9.17, 15) is 10.2 Å². The predicted octanol–water partition coefficient (Wildman–Crippen LogP) is 7.54. The molecule has 0 bridgehead atoms.